The largest absolute Gasteiger partial charge is 0.322 e. The lowest BCUT2D eigenvalue weighted by Crippen LogP contribution is -2.59. The quantitative estimate of drug-likeness (QED) is 0.466. The molecule has 1 aliphatic rings. The van der Waals surface area contributed by atoms with Crippen LogP contribution in [0.4, 0.5) is 16.2 Å². The molecule has 1 aliphatic heterocycles. The van der Waals surface area contributed by atoms with Crippen molar-refractivity contribution in [1.82, 2.24) is 10.2 Å². The van der Waals surface area contributed by atoms with Gasteiger partial charge in [0.1, 0.15) is 12.6 Å². The van der Waals surface area contributed by atoms with Crippen LogP contribution in [0.5, 0.6) is 0 Å². The first-order chi connectivity index (χ1) is 9.88. The summed E-state index contributed by atoms with van der Waals surface area (Å²) in [6, 6.07) is 3.89. The molecule has 9 nitrogen and oxygen atoms in total. The Morgan fingerprint density at radius 2 is 2.19 bits per heavy atom. The van der Waals surface area contributed by atoms with Crippen LogP contribution in [0.3, 0.4) is 0 Å². The molecule has 1 heterocycles. The summed E-state index contributed by atoms with van der Waals surface area (Å²) in [7, 11) is 0. The summed E-state index contributed by atoms with van der Waals surface area (Å²) in [4.78, 5) is 46.0. The molecule has 0 bridgehead atoms. The lowest BCUT2D eigenvalue weighted by atomic mass is 10.2. The van der Waals surface area contributed by atoms with Crippen molar-refractivity contribution in [1.29, 1.82) is 0 Å². The molecule has 2 N–H and O–H groups in total. The molecule has 4 amide bonds. The van der Waals surface area contributed by atoms with Crippen LogP contribution < -0.4 is 10.6 Å². The highest BCUT2D eigenvalue weighted by Crippen LogP contribution is 2.18. The van der Waals surface area contributed by atoms with Crippen molar-refractivity contribution in [2.24, 2.45) is 0 Å². The van der Waals surface area contributed by atoms with Crippen molar-refractivity contribution >= 4 is 29.2 Å². The average Bonchev–Trinajstić information content (AvgIpc) is 2.43. The zero-order valence-corrected chi connectivity index (χ0v) is 11.0. The SMILES string of the molecule is CC1C(=O)NC(=O)CN1C(=O)Nc1cccc([N+](=O)[O-])c1. The van der Waals surface area contributed by atoms with Gasteiger partial charge in [0.25, 0.3) is 5.69 Å². The molecule has 0 aromatic heterocycles. The summed E-state index contributed by atoms with van der Waals surface area (Å²) < 4.78 is 0. The number of piperazine rings is 1. The van der Waals surface area contributed by atoms with E-state index in [1.807, 2.05) is 0 Å². The van der Waals surface area contributed by atoms with Gasteiger partial charge >= 0.3 is 6.03 Å². The van der Waals surface area contributed by atoms with Crippen LogP contribution in [0.1, 0.15) is 6.92 Å². The van der Waals surface area contributed by atoms with Gasteiger partial charge in [0.15, 0.2) is 0 Å². The van der Waals surface area contributed by atoms with Gasteiger partial charge in [-0.3, -0.25) is 25.0 Å². The van der Waals surface area contributed by atoms with E-state index in [4.69, 9.17) is 0 Å². The summed E-state index contributed by atoms with van der Waals surface area (Å²) in [6.45, 7) is 1.22. The van der Waals surface area contributed by atoms with E-state index in [1.54, 1.807) is 0 Å². The van der Waals surface area contributed by atoms with E-state index in [0.29, 0.717) is 0 Å². The minimum Gasteiger partial charge on any atom is -0.308 e. The van der Waals surface area contributed by atoms with E-state index in [0.717, 1.165) is 4.90 Å². The second kappa shape index (κ2) is 5.57. The third kappa shape index (κ3) is 3.14. The standard InChI is InChI=1S/C12H12N4O5/c1-7-11(18)14-10(17)6-15(7)12(19)13-8-3-2-4-9(5-8)16(20)21/h2-5,7H,6H2,1H3,(H,13,19)(H,14,17,18). The second-order valence-electron chi connectivity index (χ2n) is 4.45. The Labute approximate surface area is 119 Å². The predicted octanol–water partition coefficient (Wildman–Crippen LogP) is 0.474. The molecule has 1 saturated heterocycles. The minimum absolute atomic E-state index is 0.173. The molecular formula is C12H12N4O5. The molecule has 2 rings (SSSR count). The number of nitrogens with one attached hydrogen (secondary N) is 2. The number of nitro benzene ring substituents is 1. The normalized spacial score (nSPS) is 18.1. The Kier molecular flexibility index (Phi) is 3.83. The highest BCUT2D eigenvalue weighted by atomic mass is 16.6. The first-order valence-electron chi connectivity index (χ1n) is 6.04. The van der Waals surface area contributed by atoms with Crippen molar-refractivity contribution in [2.75, 3.05) is 11.9 Å². The fourth-order valence-corrected chi connectivity index (χ4v) is 1.85. The summed E-state index contributed by atoms with van der Waals surface area (Å²) in [5.41, 5.74) is 0.0353. The molecule has 1 atom stereocenters. The summed E-state index contributed by atoms with van der Waals surface area (Å²) in [5.74, 6) is -1.15. The summed E-state index contributed by atoms with van der Waals surface area (Å²) >= 11 is 0. The molecule has 0 aliphatic carbocycles. The number of urea groups is 1. The average molecular weight is 292 g/mol. The predicted molar refractivity (Wildman–Crippen MR) is 71.4 cm³/mol. The van der Waals surface area contributed by atoms with Gasteiger partial charge in [-0.25, -0.2) is 4.79 Å². The van der Waals surface area contributed by atoms with Crippen LogP contribution in [0.2, 0.25) is 0 Å². The number of nitrogens with zero attached hydrogens (tertiary/aromatic N) is 2. The van der Waals surface area contributed by atoms with Crippen molar-refractivity contribution < 1.29 is 19.3 Å². The minimum atomic E-state index is -0.804. The topological polar surface area (TPSA) is 122 Å². The molecule has 21 heavy (non-hydrogen) atoms. The molecule has 9 heteroatoms. The van der Waals surface area contributed by atoms with Gasteiger partial charge in [-0.2, -0.15) is 0 Å². The fourth-order valence-electron chi connectivity index (χ4n) is 1.85. The van der Waals surface area contributed by atoms with Crippen molar-refractivity contribution in [2.45, 2.75) is 13.0 Å². The summed E-state index contributed by atoms with van der Waals surface area (Å²) in [6.07, 6.45) is 0. The smallest absolute Gasteiger partial charge is 0.308 e. The van der Waals surface area contributed by atoms with Gasteiger partial charge in [-0.05, 0) is 13.0 Å². The first-order valence-corrected chi connectivity index (χ1v) is 6.04. The van der Waals surface area contributed by atoms with Crippen LogP contribution in [-0.4, -0.2) is 40.3 Å². The van der Waals surface area contributed by atoms with Crippen LogP contribution >= 0.6 is 0 Å². The monoisotopic (exact) mass is 292 g/mol. The zero-order valence-electron chi connectivity index (χ0n) is 11.0. The lowest BCUT2D eigenvalue weighted by molar-refractivity contribution is -0.384. The number of benzene rings is 1. The van der Waals surface area contributed by atoms with Gasteiger partial charge in [-0.1, -0.05) is 6.07 Å². The lowest BCUT2D eigenvalue weighted by Gasteiger charge is -2.31. The van der Waals surface area contributed by atoms with E-state index in [1.165, 1.54) is 31.2 Å². The Hall–Kier alpha value is -2.97. The maximum Gasteiger partial charge on any atom is 0.322 e. The van der Waals surface area contributed by atoms with Crippen LogP contribution in [0, 0.1) is 10.1 Å². The fraction of sp³-hybridized carbons (Fsp3) is 0.250. The molecule has 0 radical (unpaired) electrons. The van der Waals surface area contributed by atoms with E-state index >= 15 is 0 Å². The Morgan fingerprint density at radius 1 is 1.48 bits per heavy atom. The third-order valence-corrected chi connectivity index (χ3v) is 2.99. The number of rotatable bonds is 2. The van der Waals surface area contributed by atoms with Gasteiger partial charge in [0, 0.05) is 17.8 Å². The molecule has 1 aromatic carbocycles. The highest BCUT2D eigenvalue weighted by molar-refractivity contribution is 6.05. The molecular weight excluding hydrogens is 280 g/mol. The third-order valence-electron chi connectivity index (χ3n) is 2.99. The molecule has 110 valence electrons. The number of imide groups is 1. The maximum atomic E-state index is 12.1. The molecule has 1 fully saturated rings. The van der Waals surface area contributed by atoms with Gasteiger partial charge in [0.2, 0.25) is 11.8 Å². The number of anilines is 1. The number of non-ortho nitro benzene ring substituents is 1. The number of hydrogen-bond donors (Lipinski definition) is 2. The molecule has 1 unspecified atom stereocenters. The van der Waals surface area contributed by atoms with Crippen LogP contribution in [-0.2, 0) is 9.59 Å². The van der Waals surface area contributed by atoms with Crippen molar-refractivity contribution in [3.63, 3.8) is 0 Å². The van der Waals surface area contributed by atoms with Crippen molar-refractivity contribution in [3.05, 3.63) is 34.4 Å². The number of hydrogen-bond acceptors (Lipinski definition) is 5. The second-order valence-corrected chi connectivity index (χ2v) is 4.45. The van der Waals surface area contributed by atoms with Crippen LogP contribution in [0.25, 0.3) is 0 Å². The van der Waals surface area contributed by atoms with E-state index in [2.05, 4.69) is 10.6 Å². The number of carbonyl (C=O) groups excluding carboxylic acids is 3. The zero-order chi connectivity index (χ0) is 15.6. The number of amides is 4. The molecule has 0 spiro atoms. The first kappa shape index (κ1) is 14.4. The van der Waals surface area contributed by atoms with Gasteiger partial charge in [-0.15, -0.1) is 0 Å². The molecule has 0 saturated carbocycles. The Morgan fingerprint density at radius 3 is 2.86 bits per heavy atom. The van der Waals surface area contributed by atoms with E-state index in [-0.39, 0.29) is 17.9 Å². The van der Waals surface area contributed by atoms with E-state index < -0.39 is 28.8 Å². The van der Waals surface area contributed by atoms with Gasteiger partial charge in [0.05, 0.1) is 4.92 Å². The van der Waals surface area contributed by atoms with Gasteiger partial charge < -0.3 is 10.2 Å². The Balaban J connectivity index is 2.14. The van der Waals surface area contributed by atoms with Crippen molar-refractivity contribution in [3.8, 4) is 0 Å². The Bertz CT molecular complexity index is 630. The number of nitro groups is 1. The highest BCUT2D eigenvalue weighted by Gasteiger charge is 2.33. The maximum absolute atomic E-state index is 12.1. The summed E-state index contributed by atoms with van der Waals surface area (Å²) in [5, 5.41) is 15.2. The van der Waals surface area contributed by atoms with E-state index in [9.17, 15) is 24.5 Å². The van der Waals surface area contributed by atoms with Crippen LogP contribution in [0.15, 0.2) is 24.3 Å². The molecule has 1 aromatic rings. The number of carbonyl (C=O) groups is 3.